The maximum Gasteiger partial charge on any atom is 0.134 e. The molecule has 0 fully saturated rings. The Labute approximate surface area is 125 Å². The molecule has 4 nitrogen and oxygen atoms in total. The van der Waals surface area contributed by atoms with Crippen LogP contribution in [-0.4, -0.2) is 15.6 Å². The van der Waals surface area contributed by atoms with Crippen LogP contribution in [0.2, 0.25) is 0 Å². The molecule has 0 spiro atoms. The summed E-state index contributed by atoms with van der Waals surface area (Å²) >= 11 is 0. The van der Waals surface area contributed by atoms with Crippen molar-refractivity contribution in [2.24, 2.45) is 0 Å². The topological polar surface area (TPSA) is 44.1 Å². The molecule has 0 atom stereocenters. The zero-order valence-corrected chi connectivity index (χ0v) is 12.9. The predicted octanol–water partition coefficient (Wildman–Crippen LogP) is 3.18. The number of aromatic nitrogens is 2. The van der Waals surface area contributed by atoms with Crippen molar-refractivity contribution in [1.29, 1.82) is 0 Å². The number of ketones is 1. The van der Waals surface area contributed by atoms with Crippen molar-refractivity contribution in [3.05, 3.63) is 47.3 Å². The third kappa shape index (κ3) is 4.18. The monoisotopic (exact) mass is 286 g/mol. The van der Waals surface area contributed by atoms with Gasteiger partial charge in [0, 0.05) is 13.0 Å². The van der Waals surface area contributed by atoms with Crippen LogP contribution in [0.4, 0.5) is 0 Å². The summed E-state index contributed by atoms with van der Waals surface area (Å²) in [6.45, 7) is 7.12. The lowest BCUT2D eigenvalue weighted by atomic mass is 10.1. The molecule has 0 bridgehead atoms. The van der Waals surface area contributed by atoms with Crippen molar-refractivity contribution < 1.29 is 9.53 Å². The Hall–Kier alpha value is -2.10. The molecule has 2 rings (SSSR count). The van der Waals surface area contributed by atoms with Gasteiger partial charge in [-0.2, -0.15) is 5.10 Å². The SMILES string of the molecule is CCc1cc(COc2ccc(CC(C)=O)cc2)n(CC)n1. The lowest BCUT2D eigenvalue weighted by Gasteiger charge is -2.08. The molecule has 0 amide bonds. The molecule has 0 radical (unpaired) electrons. The van der Waals surface area contributed by atoms with Crippen molar-refractivity contribution in [2.75, 3.05) is 0 Å². The summed E-state index contributed by atoms with van der Waals surface area (Å²) in [5.41, 5.74) is 3.19. The maximum atomic E-state index is 11.1. The van der Waals surface area contributed by atoms with Crippen LogP contribution in [0.3, 0.4) is 0 Å². The molecular weight excluding hydrogens is 264 g/mol. The zero-order chi connectivity index (χ0) is 15.2. The third-order valence-corrected chi connectivity index (χ3v) is 3.34. The first-order chi connectivity index (χ1) is 10.1. The van der Waals surface area contributed by atoms with Crippen LogP contribution in [0.25, 0.3) is 0 Å². The minimum atomic E-state index is 0.169. The van der Waals surface area contributed by atoms with Crippen LogP contribution in [0.1, 0.15) is 37.7 Å². The molecule has 2 aromatic rings. The molecule has 0 unspecified atom stereocenters. The second-order valence-electron chi connectivity index (χ2n) is 5.11. The zero-order valence-electron chi connectivity index (χ0n) is 12.9. The van der Waals surface area contributed by atoms with E-state index in [4.69, 9.17) is 4.74 Å². The normalized spacial score (nSPS) is 10.6. The first kappa shape index (κ1) is 15.3. The first-order valence-electron chi connectivity index (χ1n) is 7.39. The van der Waals surface area contributed by atoms with Crippen molar-refractivity contribution in [3.8, 4) is 5.75 Å². The van der Waals surface area contributed by atoms with E-state index in [1.807, 2.05) is 28.9 Å². The quantitative estimate of drug-likeness (QED) is 0.785. The molecular formula is C17H22N2O2. The summed E-state index contributed by atoms with van der Waals surface area (Å²) in [5.74, 6) is 0.979. The van der Waals surface area contributed by atoms with Gasteiger partial charge in [0.25, 0.3) is 0 Å². The minimum Gasteiger partial charge on any atom is -0.487 e. The highest BCUT2D eigenvalue weighted by molar-refractivity contribution is 5.78. The Bertz CT molecular complexity index is 600. The van der Waals surface area contributed by atoms with Gasteiger partial charge in [-0.15, -0.1) is 0 Å². The van der Waals surface area contributed by atoms with E-state index in [9.17, 15) is 4.79 Å². The Balaban J connectivity index is 1.99. The van der Waals surface area contributed by atoms with Gasteiger partial charge in [0.1, 0.15) is 18.1 Å². The number of carbonyl (C=O) groups is 1. The van der Waals surface area contributed by atoms with Gasteiger partial charge in [-0.25, -0.2) is 0 Å². The molecule has 1 aromatic carbocycles. The standard InChI is InChI=1S/C17H22N2O2/c1-4-15-11-16(19(5-2)18-15)12-21-17-8-6-14(7-9-17)10-13(3)20/h6-9,11H,4-5,10,12H2,1-3H3. The highest BCUT2D eigenvalue weighted by Gasteiger charge is 2.06. The summed E-state index contributed by atoms with van der Waals surface area (Å²) in [6, 6.07) is 9.78. The fraction of sp³-hybridized carbons (Fsp3) is 0.412. The number of aryl methyl sites for hydroxylation is 2. The number of rotatable bonds is 7. The molecule has 0 N–H and O–H groups in total. The van der Waals surface area contributed by atoms with Gasteiger partial charge in [0.15, 0.2) is 0 Å². The van der Waals surface area contributed by atoms with Crippen LogP contribution in [0.5, 0.6) is 5.75 Å². The summed E-state index contributed by atoms with van der Waals surface area (Å²) in [4.78, 5) is 11.1. The van der Waals surface area contributed by atoms with E-state index in [0.29, 0.717) is 13.0 Å². The van der Waals surface area contributed by atoms with E-state index in [0.717, 1.165) is 35.7 Å². The molecule has 4 heteroatoms. The Morgan fingerprint density at radius 3 is 2.52 bits per heavy atom. The van der Waals surface area contributed by atoms with Gasteiger partial charge in [0.05, 0.1) is 11.4 Å². The highest BCUT2D eigenvalue weighted by atomic mass is 16.5. The lowest BCUT2D eigenvalue weighted by molar-refractivity contribution is -0.116. The second-order valence-corrected chi connectivity index (χ2v) is 5.11. The highest BCUT2D eigenvalue weighted by Crippen LogP contribution is 2.15. The molecule has 0 aliphatic rings. The van der Waals surface area contributed by atoms with E-state index in [-0.39, 0.29) is 5.78 Å². The summed E-state index contributed by atoms with van der Waals surface area (Å²) in [5, 5.41) is 4.51. The Morgan fingerprint density at radius 2 is 1.95 bits per heavy atom. The predicted molar refractivity (Wildman–Crippen MR) is 82.4 cm³/mol. The molecule has 0 aliphatic heterocycles. The van der Waals surface area contributed by atoms with Gasteiger partial charge in [-0.3, -0.25) is 9.48 Å². The van der Waals surface area contributed by atoms with E-state index >= 15 is 0 Å². The van der Waals surface area contributed by atoms with Crippen LogP contribution in [-0.2, 0) is 30.8 Å². The number of Topliss-reactive ketones (excluding diaryl/α,β-unsaturated/α-hetero) is 1. The number of hydrogen-bond acceptors (Lipinski definition) is 3. The number of benzene rings is 1. The first-order valence-corrected chi connectivity index (χ1v) is 7.39. The van der Waals surface area contributed by atoms with E-state index < -0.39 is 0 Å². The fourth-order valence-electron chi connectivity index (χ4n) is 2.23. The largest absolute Gasteiger partial charge is 0.487 e. The van der Waals surface area contributed by atoms with Crippen LogP contribution >= 0.6 is 0 Å². The van der Waals surface area contributed by atoms with Gasteiger partial charge in [-0.1, -0.05) is 19.1 Å². The molecule has 21 heavy (non-hydrogen) atoms. The minimum absolute atomic E-state index is 0.169. The van der Waals surface area contributed by atoms with Crippen LogP contribution in [0.15, 0.2) is 30.3 Å². The molecule has 1 heterocycles. The second kappa shape index (κ2) is 7.07. The number of hydrogen-bond donors (Lipinski definition) is 0. The number of ether oxygens (including phenoxy) is 1. The average molecular weight is 286 g/mol. The number of carbonyl (C=O) groups excluding carboxylic acids is 1. The van der Waals surface area contributed by atoms with Gasteiger partial charge >= 0.3 is 0 Å². The molecule has 0 saturated carbocycles. The van der Waals surface area contributed by atoms with Gasteiger partial charge in [0.2, 0.25) is 0 Å². The maximum absolute atomic E-state index is 11.1. The summed E-state index contributed by atoms with van der Waals surface area (Å²) in [7, 11) is 0. The van der Waals surface area contributed by atoms with Crippen LogP contribution in [0, 0.1) is 0 Å². The van der Waals surface area contributed by atoms with Crippen LogP contribution < -0.4 is 4.74 Å². The third-order valence-electron chi connectivity index (χ3n) is 3.34. The molecule has 0 saturated heterocycles. The molecule has 112 valence electrons. The summed E-state index contributed by atoms with van der Waals surface area (Å²) in [6.07, 6.45) is 1.41. The Kier molecular flexibility index (Phi) is 5.14. The smallest absolute Gasteiger partial charge is 0.134 e. The molecule has 1 aromatic heterocycles. The van der Waals surface area contributed by atoms with Gasteiger partial charge in [-0.05, 0) is 44.0 Å². The van der Waals surface area contributed by atoms with Gasteiger partial charge < -0.3 is 4.74 Å². The summed E-state index contributed by atoms with van der Waals surface area (Å²) < 4.78 is 7.78. The van der Waals surface area contributed by atoms with Crippen molar-refractivity contribution in [3.63, 3.8) is 0 Å². The van der Waals surface area contributed by atoms with Crippen molar-refractivity contribution >= 4 is 5.78 Å². The van der Waals surface area contributed by atoms with E-state index in [1.165, 1.54) is 0 Å². The molecule has 0 aliphatic carbocycles. The fourth-order valence-corrected chi connectivity index (χ4v) is 2.23. The number of nitrogens with zero attached hydrogens (tertiary/aromatic N) is 2. The van der Waals surface area contributed by atoms with E-state index in [1.54, 1.807) is 6.92 Å². The van der Waals surface area contributed by atoms with Crippen molar-refractivity contribution in [1.82, 2.24) is 9.78 Å². The van der Waals surface area contributed by atoms with E-state index in [2.05, 4.69) is 25.0 Å². The lowest BCUT2D eigenvalue weighted by Crippen LogP contribution is -2.06. The van der Waals surface area contributed by atoms with Crippen molar-refractivity contribution in [2.45, 2.75) is 46.8 Å². The Morgan fingerprint density at radius 1 is 1.24 bits per heavy atom. The average Bonchev–Trinajstić information content (AvgIpc) is 2.88.